The van der Waals surface area contributed by atoms with E-state index in [2.05, 4.69) is 4.72 Å². The third-order valence-corrected chi connectivity index (χ3v) is 9.76. The van der Waals surface area contributed by atoms with E-state index in [1.165, 1.54) is 42.8 Å². The van der Waals surface area contributed by atoms with Gasteiger partial charge in [0.2, 0.25) is 10.0 Å². The number of thiophene rings is 1. The molecule has 228 valence electrons. The maximum Gasteiger partial charge on any atom is 0.265 e. The predicted octanol–water partition coefficient (Wildman–Crippen LogP) is 6.45. The zero-order chi connectivity index (χ0) is 31.3. The van der Waals surface area contributed by atoms with Crippen molar-refractivity contribution < 1.29 is 31.1 Å². The van der Waals surface area contributed by atoms with Crippen LogP contribution in [0.4, 0.5) is 18.9 Å². The Hall–Kier alpha value is -3.84. The number of amides is 1. The Morgan fingerprint density at radius 3 is 2.47 bits per heavy atom. The predicted molar refractivity (Wildman–Crippen MR) is 162 cm³/mol. The van der Waals surface area contributed by atoms with Gasteiger partial charge in [-0.05, 0) is 74.7 Å². The number of aryl methyl sites for hydroxylation is 3. The van der Waals surface area contributed by atoms with Gasteiger partial charge in [-0.3, -0.25) is 14.3 Å². The van der Waals surface area contributed by atoms with E-state index in [-0.39, 0.29) is 46.8 Å². The quantitative estimate of drug-likeness (QED) is 0.252. The van der Waals surface area contributed by atoms with Crippen LogP contribution < -0.4 is 15.0 Å². The second-order valence-corrected chi connectivity index (χ2v) is 13.7. The highest BCUT2D eigenvalue weighted by atomic mass is 32.2. The summed E-state index contributed by atoms with van der Waals surface area (Å²) in [6.45, 7) is 4.38. The van der Waals surface area contributed by atoms with E-state index in [0.717, 1.165) is 16.2 Å². The highest BCUT2D eigenvalue weighted by Gasteiger charge is 2.38. The Labute approximate surface area is 250 Å². The van der Waals surface area contributed by atoms with E-state index in [1.807, 2.05) is 0 Å². The SMILES string of the molecule is CCS(=O)(=O)Nc1ccc(Oc2c(C)cc(F)cc2C)c(-c2cn(C)c(=O)c3cc(C(=O)N4CCCC(F)(F)C4)sc23)c1. The number of piperidine rings is 1. The van der Waals surface area contributed by atoms with E-state index < -0.39 is 39.8 Å². The van der Waals surface area contributed by atoms with Crippen LogP contribution in [0.2, 0.25) is 0 Å². The first-order valence-corrected chi connectivity index (χ1v) is 16.0. The highest BCUT2D eigenvalue weighted by molar-refractivity contribution is 7.92. The summed E-state index contributed by atoms with van der Waals surface area (Å²) in [5.41, 5.74) is 1.76. The molecule has 1 aliphatic heterocycles. The first kappa shape index (κ1) is 30.6. The van der Waals surface area contributed by atoms with Gasteiger partial charge in [-0.2, -0.15) is 0 Å². The second-order valence-electron chi connectivity index (χ2n) is 10.7. The van der Waals surface area contributed by atoms with Crippen molar-refractivity contribution in [2.75, 3.05) is 23.6 Å². The number of hydrogen-bond donors (Lipinski definition) is 1. The van der Waals surface area contributed by atoms with E-state index >= 15 is 0 Å². The number of anilines is 1. The number of nitrogens with one attached hydrogen (secondary N) is 1. The van der Waals surface area contributed by atoms with E-state index in [0.29, 0.717) is 32.7 Å². The number of carbonyl (C=O) groups is 1. The molecule has 1 fully saturated rings. The number of rotatable bonds is 7. The van der Waals surface area contributed by atoms with Crippen LogP contribution in [-0.4, -0.2) is 48.6 Å². The number of benzene rings is 2. The smallest absolute Gasteiger partial charge is 0.265 e. The number of ether oxygens (including phenoxy) is 1. The maximum absolute atomic E-state index is 14.1. The molecule has 43 heavy (non-hydrogen) atoms. The Kier molecular flexibility index (Phi) is 8.07. The van der Waals surface area contributed by atoms with Crippen molar-refractivity contribution in [2.24, 2.45) is 7.05 Å². The lowest BCUT2D eigenvalue weighted by Crippen LogP contribution is -2.45. The van der Waals surface area contributed by atoms with Gasteiger partial charge >= 0.3 is 0 Å². The number of fused-ring (bicyclic) bond motifs is 1. The molecule has 0 radical (unpaired) electrons. The summed E-state index contributed by atoms with van der Waals surface area (Å²) < 4.78 is 77.5. The number of alkyl halides is 2. The highest BCUT2D eigenvalue weighted by Crippen LogP contribution is 2.42. The Morgan fingerprint density at radius 1 is 1.12 bits per heavy atom. The number of nitrogens with zero attached hydrogens (tertiary/aromatic N) is 2. The molecule has 0 aliphatic carbocycles. The molecule has 4 aromatic rings. The van der Waals surface area contributed by atoms with Crippen molar-refractivity contribution in [2.45, 2.75) is 39.5 Å². The van der Waals surface area contributed by atoms with Gasteiger partial charge in [-0.15, -0.1) is 11.3 Å². The summed E-state index contributed by atoms with van der Waals surface area (Å²) in [7, 11) is -2.11. The third-order valence-electron chi connectivity index (χ3n) is 7.30. The number of hydrogen-bond acceptors (Lipinski definition) is 6. The zero-order valence-corrected chi connectivity index (χ0v) is 25.6. The molecule has 5 rings (SSSR count). The van der Waals surface area contributed by atoms with Crippen LogP contribution in [0.1, 0.15) is 40.6 Å². The number of pyridine rings is 1. The minimum absolute atomic E-state index is 0.132. The minimum atomic E-state index is -3.64. The minimum Gasteiger partial charge on any atom is -0.456 e. The van der Waals surface area contributed by atoms with Gasteiger partial charge in [-0.25, -0.2) is 21.6 Å². The van der Waals surface area contributed by atoms with Crippen molar-refractivity contribution >= 4 is 43.0 Å². The van der Waals surface area contributed by atoms with Crippen LogP contribution in [-0.2, 0) is 17.1 Å². The Bertz CT molecular complexity index is 1900. The number of halogens is 3. The molecule has 1 N–H and O–H groups in total. The summed E-state index contributed by atoms with van der Waals surface area (Å²) >= 11 is 0.997. The van der Waals surface area contributed by atoms with Gasteiger partial charge in [0.25, 0.3) is 17.4 Å². The van der Waals surface area contributed by atoms with E-state index in [9.17, 15) is 31.2 Å². The molecular weight excluding hydrogens is 603 g/mol. The summed E-state index contributed by atoms with van der Waals surface area (Å²) in [6.07, 6.45) is 1.43. The third kappa shape index (κ3) is 6.28. The molecule has 2 aromatic carbocycles. The molecule has 0 saturated carbocycles. The summed E-state index contributed by atoms with van der Waals surface area (Å²) in [6, 6.07) is 8.73. The second kappa shape index (κ2) is 11.3. The molecule has 0 atom stereocenters. The molecule has 2 aromatic heterocycles. The average Bonchev–Trinajstić information content (AvgIpc) is 3.38. The summed E-state index contributed by atoms with van der Waals surface area (Å²) in [5.74, 6) is -3.47. The molecule has 3 heterocycles. The molecule has 13 heteroatoms. The number of carbonyl (C=O) groups excluding carboxylic acids is 1. The number of likely N-dealkylation sites (tertiary alicyclic amines) is 1. The molecule has 1 aliphatic rings. The average molecular weight is 634 g/mol. The maximum atomic E-state index is 14.1. The topological polar surface area (TPSA) is 97.7 Å². The summed E-state index contributed by atoms with van der Waals surface area (Å²) in [4.78, 5) is 27.7. The lowest BCUT2D eigenvalue weighted by atomic mass is 10.0. The standard InChI is InChI=1S/C30H30F3N3O5S2/c1-5-43(39,40)34-20-7-8-24(41-26-17(2)11-19(31)12-18(26)3)21(13-20)23-15-35(4)28(37)22-14-25(42-27(22)23)29(38)36-10-6-9-30(32,33)16-36/h7-8,11-15,34H,5-6,9-10,16H2,1-4H3. The number of aromatic nitrogens is 1. The van der Waals surface area contributed by atoms with Crippen LogP contribution in [0.3, 0.4) is 0 Å². The fraction of sp³-hybridized carbons (Fsp3) is 0.333. The lowest BCUT2D eigenvalue weighted by Gasteiger charge is -2.32. The van der Waals surface area contributed by atoms with Crippen LogP contribution >= 0.6 is 11.3 Å². The van der Waals surface area contributed by atoms with Crippen molar-refractivity contribution in [1.82, 2.24) is 9.47 Å². The molecule has 8 nitrogen and oxygen atoms in total. The molecule has 1 saturated heterocycles. The fourth-order valence-electron chi connectivity index (χ4n) is 5.16. The summed E-state index contributed by atoms with van der Waals surface area (Å²) in [5, 5.41) is 0.205. The molecule has 0 spiro atoms. The van der Waals surface area contributed by atoms with Crippen molar-refractivity contribution in [3.63, 3.8) is 0 Å². The zero-order valence-electron chi connectivity index (χ0n) is 24.0. The number of sulfonamides is 1. The lowest BCUT2D eigenvalue weighted by molar-refractivity contribution is -0.0559. The van der Waals surface area contributed by atoms with Crippen LogP contribution in [0.15, 0.2) is 47.4 Å². The first-order chi connectivity index (χ1) is 20.2. The van der Waals surface area contributed by atoms with Crippen molar-refractivity contribution in [3.05, 3.63) is 74.8 Å². The molecule has 1 amide bonds. The fourth-order valence-corrected chi connectivity index (χ4v) is 6.93. The van der Waals surface area contributed by atoms with Crippen LogP contribution in [0.5, 0.6) is 11.5 Å². The van der Waals surface area contributed by atoms with Gasteiger partial charge in [0.05, 0.1) is 27.3 Å². The van der Waals surface area contributed by atoms with E-state index in [1.54, 1.807) is 32.2 Å². The Balaban J connectivity index is 1.69. The normalized spacial score (nSPS) is 15.1. The largest absolute Gasteiger partial charge is 0.456 e. The first-order valence-electron chi connectivity index (χ1n) is 13.6. The molecule has 0 bridgehead atoms. The van der Waals surface area contributed by atoms with Gasteiger partial charge in [0, 0.05) is 43.0 Å². The van der Waals surface area contributed by atoms with Gasteiger partial charge in [0.1, 0.15) is 17.3 Å². The monoisotopic (exact) mass is 633 g/mol. The molecular formula is C30H30F3N3O5S2. The van der Waals surface area contributed by atoms with Crippen molar-refractivity contribution in [1.29, 1.82) is 0 Å². The van der Waals surface area contributed by atoms with Gasteiger partial charge in [-0.1, -0.05) is 0 Å². The molecule has 0 unspecified atom stereocenters. The van der Waals surface area contributed by atoms with Gasteiger partial charge in [0.15, 0.2) is 0 Å². The Morgan fingerprint density at radius 2 is 1.81 bits per heavy atom. The van der Waals surface area contributed by atoms with Crippen LogP contribution in [0.25, 0.3) is 21.2 Å². The van der Waals surface area contributed by atoms with Gasteiger partial charge < -0.3 is 14.2 Å². The van der Waals surface area contributed by atoms with E-state index in [4.69, 9.17) is 4.74 Å². The van der Waals surface area contributed by atoms with Crippen LogP contribution in [0, 0.1) is 19.7 Å². The van der Waals surface area contributed by atoms with Crippen molar-refractivity contribution in [3.8, 4) is 22.6 Å².